The van der Waals surface area contributed by atoms with Crippen LogP contribution in [0.3, 0.4) is 0 Å². The van der Waals surface area contributed by atoms with E-state index < -0.39 is 10.0 Å². The first-order valence-corrected chi connectivity index (χ1v) is 9.62. The first-order chi connectivity index (χ1) is 10.9. The number of halogens is 1. The summed E-state index contributed by atoms with van der Waals surface area (Å²) in [6.07, 6.45) is 0.937. The van der Waals surface area contributed by atoms with Crippen LogP contribution in [0.15, 0.2) is 51.8 Å². The lowest BCUT2D eigenvalue weighted by Crippen LogP contribution is -2.15. The van der Waals surface area contributed by atoms with E-state index in [-0.39, 0.29) is 10.8 Å². The van der Waals surface area contributed by atoms with E-state index in [9.17, 15) is 8.42 Å². The van der Waals surface area contributed by atoms with Crippen molar-refractivity contribution in [2.24, 2.45) is 0 Å². The van der Waals surface area contributed by atoms with E-state index in [1.54, 1.807) is 12.1 Å². The number of ether oxygens (including phenoxy) is 1. The molecular formula is C17H20BrNO3S. The Morgan fingerprint density at radius 1 is 1.22 bits per heavy atom. The summed E-state index contributed by atoms with van der Waals surface area (Å²) in [6.45, 7) is 4.16. The second-order valence-electron chi connectivity index (χ2n) is 5.30. The highest BCUT2D eigenvalue weighted by Gasteiger charge is 2.18. The number of hydrogen-bond acceptors (Lipinski definition) is 3. The number of benzene rings is 2. The predicted octanol–water partition coefficient (Wildman–Crippen LogP) is 4.77. The molecule has 0 aliphatic heterocycles. The third-order valence-corrected chi connectivity index (χ3v) is 5.76. The molecule has 0 unspecified atom stereocenters. The van der Waals surface area contributed by atoms with Gasteiger partial charge in [-0.3, -0.25) is 4.72 Å². The SMILES string of the molecule is CC[C@@H](C)c1ccccc1NS(=O)(=O)c1ccc(OC)c(Br)c1. The van der Waals surface area contributed by atoms with E-state index in [1.807, 2.05) is 18.2 Å². The number of sulfonamides is 1. The Morgan fingerprint density at radius 2 is 1.91 bits per heavy atom. The van der Waals surface area contributed by atoms with Crippen molar-refractivity contribution < 1.29 is 13.2 Å². The normalized spacial score (nSPS) is 12.7. The smallest absolute Gasteiger partial charge is 0.261 e. The molecule has 0 aromatic heterocycles. The zero-order valence-corrected chi connectivity index (χ0v) is 15.7. The third-order valence-electron chi connectivity index (χ3n) is 3.78. The van der Waals surface area contributed by atoms with Gasteiger partial charge in [0.2, 0.25) is 0 Å². The summed E-state index contributed by atoms with van der Waals surface area (Å²) in [7, 11) is -2.12. The average molecular weight is 398 g/mol. The van der Waals surface area contributed by atoms with E-state index in [4.69, 9.17) is 4.74 Å². The summed E-state index contributed by atoms with van der Waals surface area (Å²) in [5.41, 5.74) is 1.61. The highest BCUT2D eigenvalue weighted by Crippen LogP contribution is 2.31. The van der Waals surface area contributed by atoms with E-state index in [2.05, 4.69) is 34.5 Å². The van der Waals surface area contributed by atoms with Crippen LogP contribution in [0.5, 0.6) is 5.75 Å². The van der Waals surface area contributed by atoms with Crippen molar-refractivity contribution in [3.63, 3.8) is 0 Å². The molecular weight excluding hydrogens is 378 g/mol. The third kappa shape index (κ3) is 4.06. The van der Waals surface area contributed by atoms with Gasteiger partial charge in [-0.25, -0.2) is 8.42 Å². The molecule has 0 saturated carbocycles. The number of hydrogen-bond donors (Lipinski definition) is 1. The minimum atomic E-state index is -3.66. The first kappa shape index (κ1) is 17.8. The van der Waals surface area contributed by atoms with Crippen LogP contribution in [0.4, 0.5) is 5.69 Å². The second kappa shape index (κ2) is 7.36. The quantitative estimate of drug-likeness (QED) is 0.763. The monoisotopic (exact) mass is 397 g/mol. The molecule has 0 amide bonds. The maximum atomic E-state index is 12.6. The van der Waals surface area contributed by atoms with Gasteiger partial charge in [0.25, 0.3) is 10.0 Å². The van der Waals surface area contributed by atoms with Gasteiger partial charge in [0.05, 0.1) is 22.2 Å². The molecule has 0 radical (unpaired) electrons. The fraction of sp³-hybridized carbons (Fsp3) is 0.294. The Morgan fingerprint density at radius 3 is 2.52 bits per heavy atom. The maximum Gasteiger partial charge on any atom is 0.261 e. The number of anilines is 1. The van der Waals surface area contributed by atoms with Gasteiger partial charge < -0.3 is 4.74 Å². The van der Waals surface area contributed by atoms with E-state index in [0.29, 0.717) is 15.9 Å². The summed E-state index contributed by atoms with van der Waals surface area (Å²) >= 11 is 3.32. The molecule has 0 fully saturated rings. The topological polar surface area (TPSA) is 55.4 Å². The molecule has 23 heavy (non-hydrogen) atoms. The highest BCUT2D eigenvalue weighted by molar-refractivity contribution is 9.10. The van der Waals surface area contributed by atoms with Crippen molar-refractivity contribution in [3.05, 3.63) is 52.5 Å². The maximum absolute atomic E-state index is 12.6. The van der Waals surface area contributed by atoms with Crippen LogP contribution < -0.4 is 9.46 Å². The van der Waals surface area contributed by atoms with E-state index >= 15 is 0 Å². The summed E-state index contributed by atoms with van der Waals surface area (Å²) < 4.78 is 33.7. The minimum absolute atomic E-state index is 0.184. The fourth-order valence-electron chi connectivity index (χ4n) is 2.26. The van der Waals surface area contributed by atoms with Crippen LogP contribution in [-0.4, -0.2) is 15.5 Å². The first-order valence-electron chi connectivity index (χ1n) is 7.34. The molecule has 4 nitrogen and oxygen atoms in total. The lowest BCUT2D eigenvalue weighted by molar-refractivity contribution is 0.411. The van der Waals surface area contributed by atoms with Gasteiger partial charge in [0.1, 0.15) is 5.75 Å². The molecule has 0 bridgehead atoms. The van der Waals surface area contributed by atoms with Crippen LogP contribution in [0.1, 0.15) is 31.7 Å². The van der Waals surface area contributed by atoms with Crippen LogP contribution in [0.25, 0.3) is 0 Å². The second-order valence-corrected chi connectivity index (χ2v) is 7.84. The lowest BCUT2D eigenvalue weighted by atomic mass is 9.97. The predicted molar refractivity (Wildman–Crippen MR) is 96.7 cm³/mol. The van der Waals surface area contributed by atoms with Crippen LogP contribution >= 0.6 is 15.9 Å². The van der Waals surface area contributed by atoms with Crippen molar-refractivity contribution in [1.82, 2.24) is 0 Å². The summed E-state index contributed by atoms with van der Waals surface area (Å²) in [5, 5.41) is 0. The Kier molecular flexibility index (Phi) is 5.70. The van der Waals surface area contributed by atoms with Crippen LogP contribution in [-0.2, 0) is 10.0 Å². The molecule has 0 heterocycles. The largest absolute Gasteiger partial charge is 0.496 e. The van der Waals surface area contributed by atoms with Gasteiger partial charge in [-0.1, -0.05) is 32.0 Å². The Hall–Kier alpha value is -1.53. The summed E-state index contributed by atoms with van der Waals surface area (Å²) in [4.78, 5) is 0.184. The number of nitrogens with one attached hydrogen (secondary N) is 1. The van der Waals surface area contributed by atoms with Gasteiger partial charge in [-0.2, -0.15) is 0 Å². The molecule has 0 saturated heterocycles. The Labute approximate surface area is 146 Å². The molecule has 1 N–H and O–H groups in total. The van der Waals surface area contributed by atoms with Gasteiger partial charge >= 0.3 is 0 Å². The van der Waals surface area contributed by atoms with Crippen molar-refractivity contribution >= 4 is 31.6 Å². The highest BCUT2D eigenvalue weighted by atomic mass is 79.9. The van der Waals surface area contributed by atoms with Crippen molar-refractivity contribution in [2.75, 3.05) is 11.8 Å². The Balaban J connectivity index is 2.38. The van der Waals surface area contributed by atoms with Crippen LogP contribution in [0.2, 0.25) is 0 Å². The number of rotatable bonds is 6. The molecule has 2 rings (SSSR count). The summed E-state index contributed by atoms with van der Waals surface area (Å²) in [6, 6.07) is 12.2. The average Bonchev–Trinajstić information content (AvgIpc) is 2.54. The van der Waals surface area contributed by atoms with Crippen LogP contribution in [0, 0.1) is 0 Å². The van der Waals surface area contributed by atoms with E-state index in [0.717, 1.165) is 12.0 Å². The fourth-order valence-corrected chi connectivity index (χ4v) is 4.06. The summed E-state index contributed by atoms with van der Waals surface area (Å²) in [5.74, 6) is 0.862. The number of methoxy groups -OCH3 is 1. The molecule has 1 atom stereocenters. The zero-order chi connectivity index (χ0) is 17.0. The van der Waals surface area contributed by atoms with Crippen molar-refractivity contribution in [2.45, 2.75) is 31.1 Å². The molecule has 0 aliphatic rings. The molecule has 6 heteroatoms. The van der Waals surface area contributed by atoms with Gasteiger partial charge in [-0.05, 0) is 58.1 Å². The van der Waals surface area contributed by atoms with Crippen molar-refractivity contribution in [3.8, 4) is 5.75 Å². The molecule has 2 aromatic carbocycles. The van der Waals surface area contributed by atoms with Gasteiger partial charge in [0, 0.05) is 0 Å². The zero-order valence-electron chi connectivity index (χ0n) is 13.3. The van der Waals surface area contributed by atoms with Gasteiger partial charge in [0.15, 0.2) is 0 Å². The molecule has 0 aliphatic carbocycles. The molecule has 0 spiro atoms. The number of para-hydroxylation sites is 1. The molecule has 124 valence electrons. The standard InChI is InChI=1S/C17H20BrNO3S/c1-4-12(2)14-7-5-6-8-16(14)19-23(20,21)13-9-10-17(22-3)15(18)11-13/h5-12,19H,4H2,1-3H3/t12-/m1/s1. The van der Waals surface area contributed by atoms with Crippen molar-refractivity contribution in [1.29, 1.82) is 0 Å². The minimum Gasteiger partial charge on any atom is -0.496 e. The van der Waals surface area contributed by atoms with E-state index in [1.165, 1.54) is 19.2 Å². The van der Waals surface area contributed by atoms with Gasteiger partial charge in [-0.15, -0.1) is 0 Å². The lowest BCUT2D eigenvalue weighted by Gasteiger charge is -2.17. The molecule has 2 aromatic rings. The Bertz CT molecular complexity index is 790.